The molecule has 0 atom stereocenters. The van der Waals surface area contributed by atoms with Gasteiger partial charge < -0.3 is 0 Å². The first kappa shape index (κ1) is 16.2. The van der Waals surface area contributed by atoms with Gasteiger partial charge in [-0.2, -0.15) is 9.59 Å². The van der Waals surface area contributed by atoms with Crippen molar-refractivity contribution >= 4 is 6.15 Å². The van der Waals surface area contributed by atoms with E-state index < -0.39 is 0 Å². The molecule has 0 bridgehead atoms. The zero-order valence-corrected chi connectivity index (χ0v) is 4.52. The third kappa shape index (κ3) is 160. The molecule has 0 aromatic carbocycles. The molecular weight excluding hydrogens is 92.1 g/mol. The van der Waals surface area contributed by atoms with E-state index in [4.69, 9.17) is 9.59 Å². The highest BCUT2D eigenvalue weighted by molar-refractivity contribution is 5.20. The standard InChI is InChI=1S/C3H8.CO2.C/c1-3-2;2-1-3;/h3H2,1-2H3;;. The average Bonchev–Trinajstić information content (AvgIpc) is 1.39. The summed E-state index contributed by atoms with van der Waals surface area (Å²) in [5.74, 6) is 0. The van der Waals surface area contributed by atoms with Gasteiger partial charge in [0, 0.05) is 7.43 Å². The van der Waals surface area contributed by atoms with Crippen LogP contribution >= 0.6 is 0 Å². The van der Waals surface area contributed by atoms with E-state index in [0.29, 0.717) is 0 Å². The zero-order valence-electron chi connectivity index (χ0n) is 4.52. The van der Waals surface area contributed by atoms with Crippen LogP contribution in [0.4, 0.5) is 0 Å². The Morgan fingerprint density at radius 1 is 1.29 bits per heavy atom. The van der Waals surface area contributed by atoms with E-state index in [2.05, 4.69) is 13.8 Å². The maximum absolute atomic E-state index is 8.12. The van der Waals surface area contributed by atoms with Gasteiger partial charge in [-0.05, 0) is 0 Å². The second kappa shape index (κ2) is 54.2. The SMILES string of the molecule is CCC.O=C=O.[C]. The summed E-state index contributed by atoms with van der Waals surface area (Å²) < 4.78 is 0. The molecule has 0 aromatic rings. The first-order chi connectivity index (χ1) is 2.83. The molecule has 0 aliphatic rings. The Labute approximate surface area is 44.5 Å². The topological polar surface area (TPSA) is 34.1 Å². The summed E-state index contributed by atoms with van der Waals surface area (Å²) >= 11 is 0. The molecular formula is C5H8O2. The summed E-state index contributed by atoms with van der Waals surface area (Å²) in [4.78, 5) is 16.2. The maximum atomic E-state index is 8.12. The van der Waals surface area contributed by atoms with Gasteiger partial charge in [-0.1, -0.05) is 20.3 Å². The van der Waals surface area contributed by atoms with Crippen molar-refractivity contribution in [1.29, 1.82) is 0 Å². The van der Waals surface area contributed by atoms with Crippen LogP contribution in [0.2, 0.25) is 0 Å². The highest BCUT2D eigenvalue weighted by Gasteiger charge is 1.35. The van der Waals surface area contributed by atoms with Gasteiger partial charge in [0.2, 0.25) is 0 Å². The van der Waals surface area contributed by atoms with Crippen LogP contribution in [0.5, 0.6) is 0 Å². The Balaban J connectivity index is -0.0000000400. The van der Waals surface area contributed by atoms with Crippen LogP contribution in [0, 0.1) is 7.43 Å². The summed E-state index contributed by atoms with van der Waals surface area (Å²) in [6, 6.07) is 0. The first-order valence-corrected chi connectivity index (χ1v) is 1.82. The van der Waals surface area contributed by atoms with E-state index in [-0.39, 0.29) is 13.6 Å². The van der Waals surface area contributed by atoms with E-state index in [1.807, 2.05) is 0 Å². The third-order valence-electron chi connectivity index (χ3n) is 0. The average molecular weight is 100 g/mol. The number of rotatable bonds is 0. The summed E-state index contributed by atoms with van der Waals surface area (Å²) in [6.45, 7) is 4.25. The van der Waals surface area contributed by atoms with E-state index >= 15 is 0 Å². The fourth-order valence-corrected chi connectivity index (χ4v) is 0. The van der Waals surface area contributed by atoms with Gasteiger partial charge in [-0.25, -0.2) is 0 Å². The Hall–Kier alpha value is -0.620. The van der Waals surface area contributed by atoms with Crippen molar-refractivity contribution in [1.82, 2.24) is 0 Å². The Morgan fingerprint density at radius 3 is 1.29 bits per heavy atom. The minimum Gasteiger partial charge on any atom is -0.186 e. The highest BCUT2D eigenvalue weighted by Crippen LogP contribution is 1.56. The summed E-state index contributed by atoms with van der Waals surface area (Å²) in [7, 11) is 0. The van der Waals surface area contributed by atoms with Crippen LogP contribution < -0.4 is 0 Å². The van der Waals surface area contributed by atoms with Crippen molar-refractivity contribution in [3.05, 3.63) is 7.43 Å². The Bertz CT molecular complexity index is 35.3. The minimum absolute atomic E-state index is 0. The number of hydrogen-bond donors (Lipinski definition) is 0. The van der Waals surface area contributed by atoms with Crippen LogP contribution in [0.25, 0.3) is 0 Å². The lowest BCUT2D eigenvalue weighted by molar-refractivity contribution is -0.191. The van der Waals surface area contributed by atoms with Crippen molar-refractivity contribution in [2.75, 3.05) is 0 Å². The maximum Gasteiger partial charge on any atom is 0.373 e. The molecule has 0 unspecified atom stereocenters. The zero-order chi connectivity index (χ0) is 5.41. The minimum atomic E-state index is 0. The molecule has 0 aromatic heterocycles. The van der Waals surface area contributed by atoms with Gasteiger partial charge in [0.15, 0.2) is 0 Å². The van der Waals surface area contributed by atoms with Crippen LogP contribution in [0.3, 0.4) is 0 Å². The molecule has 0 saturated carbocycles. The summed E-state index contributed by atoms with van der Waals surface area (Å²) in [6.07, 6.45) is 1.50. The van der Waals surface area contributed by atoms with Gasteiger partial charge in [-0.3, -0.25) is 0 Å². The van der Waals surface area contributed by atoms with E-state index in [0.717, 1.165) is 0 Å². The largest absolute Gasteiger partial charge is 0.373 e. The predicted molar refractivity (Wildman–Crippen MR) is 24.2 cm³/mol. The van der Waals surface area contributed by atoms with Crippen LogP contribution in [0.1, 0.15) is 20.3 Å². The van der Waals surface area contributed by atoms with Gasteiger partial charge in [-0.15, -0.1) is 0 Å². The molecule has 0 amide bonds. The third-order valence-corrected chi connectivity index (χ3v) is 0. The molecule has 0 N–H and O–H groups in total. The second-order valence-corrected chi connectivity index (χ2v) is 0.790. The van der Waals surface area contributed by atoms with Gasteiger partial charge in [0.1, 0.15) is 0 Å². The Morgan fingerprint density at radius 2 is 1.29 bits per heavy atom. The summed E-state index contributed by atoms with van der Waals surface area (Å²) in [5.41, 5.74) is 0. The molecule has 0 saturated heterocycles. The molecule has 4 radical (unpaired) electrons. The molecule has 0 fully saturated rings. The smallest absolute Gasteiger partial charge is 0.186 e. The lowest BCUT2D eigenvalue weighted by atomic mass is 10.6. The monoisotopic (exact) mass is 100 g/mol. The number of carbonyl (C=O) groups excluding carboxylic acids is 2. The quantitative estimate of drug-likeness (QED) is 0.453. The lowest BCUT2D eigenvalue weighted by Gasteiger charge is -1.48. The van der Waals surface area contributed by atoms with E-state index in [1.54, 1.807) is 0 Å². The summed E-state index contributed by atoms with van der Waals surface area (Å²) in [5, 5.41) is 0. The van der Waals surface area contributed by atoms with Gasteiger partial charge >= 0.3 is 6.15 Å². The highest BCUT2D eigenvalue weighted by atomic mass is 16.2. The fourth-order valence-electron chi connectivity index (χ4n) is 0. The van der Waals surface area contributed by atoms with Crippen molar-refractivity contribution in [3.63, 3.8) is 0 Å². The van der Waals surface area contributed by atoms with Gasteiger partial charge in [0.25, 0.3) is 0 Å². The molecule has 0 aliphatic carbocycles. The van der Waals surface area contributed by atoms with Crippen molar-refractivity contribution in [2.45, 2.75) is 20.3 Å². The molecule has 0 rings (SSSR count). The van der Waals surface area contributed by atoms with Crippen molar-refractivity contribution < 1.29 is 9.59 Å². The first-order valence-electron chi connectivity index (χ1n) is 1.82. The molecule has 2 heteroatoms. The molecule has 0 aliphatic heterocycles. The normalized spacial score (nSPS) is 3.71. The van der Waals surface area contributed by atoms with E-state index in [1.165, 1.54) is 6.42 Å². The van der Waals surface area contributed by atoms with E-state index in [9.17, 15) is 0 Å². The van der Waals surface area contributed by atoms with Gasteiger partial charge in [0.05, 0.1) is 0 Å². The fraction of sp³-hybridized carbons (Fsp3) is 0.600. The van der Waals surface area contributed by atoms with Crippen molar-refractivity contribution in [2.24, 2.45) is 0 Å². The second-order valence-electron chi connectivity index (χ2n) is 0.790. The molecule has 2 nitrogen and oxygen atoms in total. The molecule has 40 valence electrons. The van der Waals surface area contributed by atoms with Crippen LogP contribution in [-0.4, -0.2) is 6.15 Å². The van der Waals surface area contributed by atoms with Crippen LogP contribution in [0.15, 0.2) is 0 Å². The van der Waals surface area contributed by atoms with Crippen molar-refractivity contribution in [3.8, 4) is 0 Å². The molecule has 0 spiro atoms. The van der Waals surface area contributed by atoms with Crippen LogP contribution in [-0.2, 0) is 9.59 Å². The predicted octanol–water partition coefficient (Wildman–Crippen LogP) is 0.914. The molecule has 0 heterocycles. The molecule has 7 heavy (non-hydrogen) atoms. The Kier molecular flexibility index (Phi) is 125. The number of hydrogen-bond acceptors (Lipinski definition) is 2. The lowest BCUT2D eigenvalue weighted by Crippen LogP contribution is -1.27.